The SMILES string of the molecule is Cc1ccc(-n2nc(C)cc2NC(=O)/C(C#N)=C/c2ccc(O)cc2)cc1. The molecule has 3 aromatic rings. The number of aromatic nitrogens is 2. The minimum Gasteiger partial charge on any atom is -0.508 e. The maximum atomic E-state index is 12.6. The number of aromatic hydroxyl groups is 1. The molecule has 3 rings (SSSR count). The summed E-state index contributed by atoms with van der Waals surface area (Å²) in [5, 5.41) is 25.9. The lowest BCUT2D eigenvalue weighted by Crippen LogP contribution is -2.16. The molecule has 2 aromatic carbocycles. The third kappa shape index (κ3) is 4.22. The molecule has 6 heteroatoms. The number of phenols is 1. The quantitative estimate of drug-likeness (QED) is 0.549. The number of nitrogens with zero attached hydrogens (tertiary/aromatic N) is 3. The second-order valence-electron chi connectivity index (χ2n) is 6.13. The number of aryl methyl sites for hydroxylation is 2. The highest BCUT2D eigenvalue weighted by Crippen LogP contribution is 2.19. The summed E-state index contributed by atoms with van der Waals surface area (Å²) < 4.78 is 1.63. The maximum absolute atomic E-state index is 12.6. The van der Waals surface area contributed by atoms with Gasteiger partial charge >= 0.3 is 0 Å². The van der Waals surface area contributed by atoms with Crippen LogP contribution in [0.4, 0.5) is 5.82 Å². The molecule has 6 nitrogen and oxygen atoms in total. The average Bonchev–Trinajstić information content (AvgIpc) is 3.02. The molecule has 0 aliphatic heterocycles. The van der Waals surface area contributed by atoms with Crippen LogP contribution in [0.1, 0.15) is 16.8 Å². The van der Waals surface area contributed by atoms with E-state index in [-0.39, 0.29) is 11.3 Å². The van der Waals surface area contributed by atoms with Gasteiger partial charge in [0, 0.05) is 6.07 Å². The normalized spacial score (nSPS) is 11.1. The van der Waals surface area contributed by atoms with Gasteiger partial charge in [0.1, 0.15) is 23.2 Å². The van der Waals surface area contributed by atoms with Crippen LogP contribution in [0.3, 0.4) is 0 Å². The van der Waals surface area contributed by atoms with Crippen LogP contribution in [0.15, 0.2) is 60.2 Å². The van der Waals surface area contributed by atoms with Crippen molar-refractivity contribution in [1.29, 1.82) is 5.26 Å². The standard InChI is InChI=1S/C21H18N4O2/c1-14-3-7-18(8-4-14)25-20(11-15(2)24-25)23-21(27)17(13-22)12-16-5-9-19(26)10-6-16/h3-12,26H,1-2H3,(H,23,27)/b17-12+. The van der Waals surface area contributed by atoms with E-state index in [2.05, 4.69) is 10.4 Å². The number of benzene rings is 2. The fraction of sp³-hybridized carbons (Fsp3) is 0.0952. The van der Waals surface area contributed by atoms with E-state index < -0.39 is 5.91 Å². The number of carbonyl (C=O) groups excluding carboxylic acids is 1. The molecular weight excluding hydrogens is 340 g/mol. The molecule has 0 saturated carbocycles. The van der Waals surface area contributed by atoms with Gasteiger partial charge in [0.2, 0.25) is 0 Å². The fourth-order valence-electron chi connectivity index (χ4n) is 2.54. The van der Waals surface area contributed by atoms with Crippen molar-refractivity contribution in [2.24, 2.45) is 0 Å². The summed E-state index contributed by atoms with van der Waals surface area (Å²) in [6, 6.07) is 17.6. The monoisotopic (exact) mass is 358 g/mol. The Bertz CT molecular complexity index is 1040. The van der Waals surface area contributed by atoms with E-state index in [1.807, 2.05) is 44.2 Å². The van der Waals surface area contributed by atoms with E-state index in [0.29, 0.717) is 11.4 Å². The Morgan fingerprint density at radius 1 is 1.15 bits per heavy atom. The van der Waals surface area contributed by atoms with Gasteiger partial charge < -0.3 is 10.4 Å². The Morgan fingerprint density at radius 3 is 2.44 bits per heavy atom. The van der Waals surface area contributed by atoms with E-state index in [0.717, 1.165) is 16.9 Å². The highest BCUT2D eigenvalue weighted by molar-refractivity contribution is 6.09. The lowest BCUT2D eigenvalue weighted by molar-refractivity contribution is -0.112. The first-order valence-electron chi connectivity index (χ1n) is 8.32. The third-order valence-corrected chi connectivity index (χ3v) is 3.92. The molecule has 1 amide bonds. The Balaban J connectivity index is 1.88. The molecule has 0 aliphatic rings. The van der Waals surface area contributed by atoms with Crippen molar-refractivity contribution < 1.29 is 9.90 Å². The summed E-state index contributed by atoms with van der Waals surface area (Å²) in [6.07, 6.45) is 1.47. The Morgan fingerprint density at radius 2 is 1.81 bits per heavy atom. The molecule has 134 valence electrons. The summed E-state index contributed by atoms with van der Waals surface area (Å²) >= 11 is 0. The van der Waals surface area contributed by atoms with Gasteiger partial charge in [0.15, 0.2) is 0 Å². The van der Waals surface area contributed by atoms with Crippen LogP contribution in [0.2, 0.25) is 0 Å². The molecule has 1 heterocycles. The predicted octanol–water partition coefficient (Wildman–Crippen LogP) is 3.74. The van der Waals surface area contributed by atoms with Crippen molar-refractivity contribution >= 4 is 17.8 Å². The number of hydrogen-bond acceptors (Lipinski definition) is 4. The second kappa shape index (κ2) is 7.58. The van der Waals surface area contributed by atoms with E-state index in [4.69, 9.17) is 0 Å². The van der Waals surface area contributed by atoms with Crippen LogP contribution in [0.5, 0.6) is 5.75 Å². The summed E-state index contributed by atoms with van der Waals surface area (Å²) in [7, 11) is 0. The first-order valence-corrected chi connectivity index (χ1v) is 8.32. The Kier molecular flexibility index (Phi) is 5.04. The molecule has 0 spiro atoms. The van der Waals surface area contributed by atoms with Gasteiger partial charge in [0.25, 0.3) is 5.91 Å². The van der Waals surface area contributed by atoms with Crippen LogP contribution in [0, 0.1) is 25.2 Å². The highest BCUT2D eigenvalue weighted by Gasteiger charge is 2.14. The maximum Gasteiger partial charge on any atom is 0.267 e. The molecule has 2 N–H and O–H groups in total. The van der Waals surface area contributed by atoms with Gasteiger partial charge in [-0.15, -0.1) is 0 Å². The summed E-state index contributed by atoms with van der Waals surface area (Å²) in [5.41, 5.74) is 3.27. The zero-order chi connectivity index (χ0) is 19.4. The van der Waals surface area contributed by atoms with Gasteiger partial charge in [0.05, 0.1) is 11.4 Å². The largest absolute Gasteiger partial charge is 0.508 e. The van der Waals surface area contributed by atoms with Gasteiger partial charge in [-0.25, -0.2) is 4.68 Å². The molecule has 0 fully saturated rings. The van der Waals surface area contributed by atoms with Crippen molar-refractivity contribution in [3.63, 3.8) is 0 Å². The molecule has 0 aliphatic carbocycles. The van der Waals surface area contributed by atoms with Crippen LogP contribution in [-0.2, 0) is 4.79 Å². The van der Waals surface area contributed by atoms with E-state index in [1.54, 1.807) is 22.9 Å². The molecular formula is C21H18N4O2. The lowest BCUT2D eigenvalue weighted by atomic mass is 10.1. The minimum absolute atomic E-state index is 0.0463. The molecule has 0 saturated heterocycles. The Labute approximate surface area is 157 Å². The Hall–Kier alpha value is -3.85. The van der Waals surface area contributed by atoms with E-state index in [9.17, 15) is 15.2 Å². The molecule has 1 aromatic heterocycles. The van der Waals surface area contributed by atoms with Gasteiger partial charge in [-0.05, 0) is 49.8 Å². The molecule has 0 bridgehead atoms. The average molecular weight is 358 g/mol. The summed E-state index contributed by atoms with van der Waals surface area (Å²) in [4.78, 5) is 12.6. The van der Waals surface area contributed by atoms with Crippen molar-refractivity contribution in [3.8, 4) is 17.5 Å². The van der Waals surface area contributed by atoms with Gasteiger partial charge in [-0.1, -0.05) is 29.8 Å². The zero-order valence-electron chi connectivity index (χ0n) is 15.0. The number of nitriles is 1. The molecule has 0 radical (unpaired) electrons. The highest BCUT2D eigenvalue weighted by atomic mass is 16.3. The summed E-state index contributed by atoms with van der Waals surface area (Å²) in [5.74, 6) is 0.0691. The smallest absolute Gasteiger partial charge is 0.267 e. The summed E-state index contributed by atoms with van der Waals surface area (Å²) in [6.45, 7) is 3.83. The van der Waals surface area contributed by atoms with Crippen LogP contribution >= 0.6 is 0 Å². The van der Waals surface area contributed by atoms with Gasteiger partial charge in [-0.2, -0.15) is 10.4 Å². The van der Waals surface area contributed by atoms with Crippen LogP contribution in [0.25, 0.3) is 11.8 Å². The fourth-order valence-corrected chi connectivity index (χ4v) is 2.54. The number of nitrogens with one attached hydrogen (secondary N) is 1. The number of carbonyl (C=O) groups is 1. The van der Waals surface area contributed by atoms with E-state index in [1.165, 1.54) is 18.2 Å². The van der Waals surface area contributed by atoms with Crippen molar-refractivity contribution in [3.05, 3.63) is 77.0 Å². The number of rotatable bonds is 4. The molecule has 0 atom stereocenters. The topological polar surface area (TPSA) is 90.9 Å². The molecule has 0 unspecified atom stereocenters. The van der Waals surface area contributed by atoms with Gasteiger partial charge in [-0.3, -0.25) is 4.79 Å². The third-order valence-electron chi connectivity index (χ3n) is 3.92. The van der Waals surface area contributed by atoms with Crippen LogP contribution < -0.4 is 5.32 Å². The van der Waals surface area contributed by atoms with Crippen LogP contribution in [-0.4, -0.2) is 20.8 Å². The van der Waals surface area contributed by atoms with Crippen molar-refractivity contribution in [2.45, 2.75) is 13.8 Å². The number of anilines is 1. The first-order chi connectivity index (χ1) is 13.0. The molecule has 27 heavy (non-hydrogen) atoms. The predicted molar refractivity (Wildman–Crippen MR) is 103 cm³/mol. The van der Waals surface area contributed by atoms with Crippen molar-refractivity contribution in [1.82, 2.24) is 9.78 Å². The second-order valence-corrected chi connectivity index (χ2v) is 6.13. The number of hydrogen-bond donors (Lipinski definition) is 2. The minimum atomic E-state index is -0.529. The van der Waals surface area contributed by atoms with Crippen molar-refractivity contribution in [2.75, 3.05) is 5.32 Å². The van der Waals surface area contributed by atoms with E-state index >= 15 is 0 Å². The lowest BCUT2D eigenvalue weighted by Gasteiger charge is -2.09. The zero-order valence-corrected chi connectivity index (χ0v) is 15.0. The number of phenolic OH excluding ortho intramolecular Hbond substituents is 1. The first kappa shape index (κ1) is 18.0. The number of amides is 1.